The Bertz CT molecular complexity index is 642. The van der Waals surface area contributed by atoms with Crippen molar-refractivity contribution in [3.63, 3.8) is 0 Å². The minimum atomic E-state index is 0.272. The SMILES string of the molecule is Cc1c(Cl)nc(C(C)C)nc1NCc1cc2c(s1)CCC2. The van der Waals surface area contributed by atoms with E-state index in [0.717, 1.165) is 23.8 Å². The van der Waals surface area contributed by atoms with Gasteiger partial charge in [-0.25, -0.2) is 9.97 Å². The molecule has 0 aliphatic heterocycles. The standard InChI is InChI=1S/C16H20ClN3S/c1-9(2)15-19-14(17)10(3)16(20-15)18-8-12-7-11-5-4-6-13(11)21-12/h7,9H,4-6,8H2,1-3H3,(H,18,19,20). The van der Waals surface area contributed by atoms with Crippen molar-refractivity contribution in [2.45, 2.75) is 52.5 Å². The normalized spacial score (nSPS) is 13.8. The van der Waals surface area contributed by atoms with Crippen molar-refractivity contribution in [3.05, 3.63) is 37.9 Å². The van der Waals surface area contributed by atoms with Crippen LogP contribution in [-0.4, -0.2) is 9.97 Å². The highest BCUT2D eigenvalue weighted by Crippen LogP contribution is 2.31. The fourth-order valence-electron chi connectivity index (χ4n) is 2.58. The molecule has 2 aromatic heterocycles. The summed E-state index contributed by atoms with van der Waals surface area (Å²) < 4.78 is 0. The second kappa shape index (κ2) is 5.93. The summed E-state index contributed by atoms with van der Waals surface area (Å²) in [6, 6.07) is 2.33. The van der Waals surface area contributed by atoms with Gasteiger partial charge < -0.3 is 5.32 Å². The zero-order valence-corrected chi connectivity index (χ0v) is 14.2. The first kappa shape index (κ1) is 14.8. The Morgan fingerprint density at radius 3 is 2.86 bits per heavy atom. The van der Waals surface area contributed by atoms with E-state index in [-0.39, 0.29) is 5.92 Å². The molecule has 0 spiro atoms. The molecule has 1 aliphatic rings. The van der Waals surface area contributed by atoms with E-state index in [1.54, 1.807) is 4.88 Å². The molecular weight excluding hydrogens is 302 g/mol. The molecule has 0 fully saturated rings. The summed E-state index contributed by atoms with van der Waals surface area (Å²) in [4.78, 5) is 11.9. The third-order valence-corrected chi connectivity index (χ3v) is 5.45. The average Bonchev–Trinajstić information content (AvgIpc) is 3.00. The van der Waals surface area contributed by atoms with Gasteiger partial charge in [-0.1, -0.05) is 25.4 Å². The smallest absolute Gasteiger partial charge is 0.137 e. The number of halogens is 1. The van der Waals surface area contributed by atoms with Crippen molar-refractivity contribution >= 4 is 28.8 Å². The van der Waals surface area contributed by atoms with Crippen LogP contribution < -0.4 is 5.32 Å². The van der Waals surface area contributed by atoms with E-state index >= 15 is 0 Å². The molecule has 5 heteroatoms. The van der Waals surface area contributed by atoms with Crippen molar-refractivity contribution in [3.8, 4) is 0 Å². The molecule has 2 heterocycles. The molecular formula is C16H20ClN3S. The van der Waals surface area contributed by atoms with Gasteiger partial charge in [-0.05, 0) is 37.8 Å². The minimum absolute atomic E-state index is 0.272. The van der Waals surface area contributed by atoms with Crippen LogP contribution in [-0.2, 0) is 19.4 Å². The zero-order valence-electron chi connectivity index (χ0n) is 12.7. The number of anilines is 1. The first-order chi connectivity index (χ1) is 10.0. The lowest BCUT2D eigenvalue weighted by atomic mass is 10.2. The molecule has 112 valence electrons. The molecule has 1 aliphatic carbocycles. The maximum Gasteiger partial charge on any atom is 0.137 e. The summed E-state index contributed by atoms with van der Waals surface area (Å²) in [6.07, 6.45) is 3.80. The number of aromatic nitrogens is 2. The molecule has 0 aromatic carbocycles. The first-order valence-corrected chi connectivity index (χ1v) is 8.62. The second-order valence-electron chi connectivity index (χ2n) is 5.87. The largest absolute Gasteiger partial charge is 0.365 e. The molecule has 3 nitrogen and oxygen atoms in total. The van der Waals surface area contributed by atoms with Crippen LogP contribution in [0.3, 0.4) is 0 Å². The van der Waals surface area contributed by atoms with E-state index in [9.17, 15) is 0 Å². The van der Waals surface area contributed by atoms with Crippen molar-refractivity contribution in [1.29, 1.82) is 0 Å². The Kier molecular flexibility index (Phi) is 4.18. The van der Waals surface area contributed by atoms with Crippen LogP contribution in [0.2, 0.25) is 5.15 Å². The van der Waals surface area contributed by atoms with Crippen molar-refractivity contribution in [2.75, 3.05) is 5.32 Å². The van der Waals surface area contributed by atoms with Crippen LogP contribution >= 0.6 is 22.9 Å². The predicted molar refractivity (Wildman–Crippen MR) is 89.5 cm³/mol. The molecule has 0 amide bonds. The summed E-state index contributed by atoms with van der Waals surface area (Å²) in [6.45, 7) is 6.93. The van der Waals surface area contributed by atoms with Gasteiger partial charge in [0.1, 0.15) is 16.8 Å². The maximum atomic E-state index is 6.22. The fourth-order valence-corrected chi connectivity index (χ4v) is 3.96. The number of nitrogens with one attached hydrogen (secondary N) is 1. The number of fused-ring (bicyclic) bond motifs is 1. The van der Waals surface area contributed by atoms with Gasteiger partial charge in [-0.3, -0.25) is 0 Å². The number of hydrogen-bond donors (Lipinski definition) is 1. The van der Waals surface area contributed by atoms with Crippen LogP contribution in [0.4, 0.5) is 5.82 Å². The molecule has 2 aromatic rings. The van der Waals surface area contributed by atoms with Crippen molar-refractivity contribution in [2.24, 2.45) is 0 Å². The zero-order chi connectivity index (χ0) is 15.0. The molecule has 0 saturated carbocycles. The number of nitrogens with zero attached hydrogens (tertiary/aromatic N) is 2. The quantitative estimate of drug-likeness (QED) is 0.828. The van der Waals surface area contributed by atoms with Gasteiger partial charge in [0.2, 0.25) is 0 Å². The van der Waals surface area contributed by atoms with Crippen LogP contribution in [0.1, 0.15) is 52.9 Å². The Labute approximate surface area is 134 Å². The van der Waals surface area contributed by atoms with E-state index in [1.165, 1.54) is 29.7 Å². The number of hydrogen-bond acceptors (Lipinski definition) is 4. The predicted octanol–water partition coefficient (Wildman–Crippen LogP) is 4.72. The number of thiophene rings is 1. The van der Waals surface area contributed by atoms with E-state index in [2.05, 4.69) is 35.2 Å². The Morgan fingerprint density at radius 2 is 2.14 bits per heavy atom. The molecule has 0 unspecified atom stereocenters. The molecule has 21 heavy (non-hydrogen) atoms. The van der Waals surface area contributed by atoms with Gasteiger partial charge in [0.15, 0.2) is 0 Å². The van der Waals surface area contributed by atoms with Gasteiger partial charge in [0.05, 0.1) is 6.54 Å². The van der Waals surface area contributed by atoms with E-state index in [4.69, 9.17) is 11.6 Å². The molecule has 1 N–H and O–H groups in total. The molecule has 3 rings (SSSR count). The highest BCUT2D eigenvalue weighted by molar-refractivity contribution is 7.12. The maximum absolute atomic E-state index is 6.22. The first-order valence-electron chi connectivity index (χ1n) is 7.43. The lowest BCUT2D eigenvalue weighted by molar-refractivity contribution is 0.771. The molecule has 0 bridgehead atoms. The molecule has 0 saturated heterocycles. The highest BCUT2D eigenvalue weighted by atomic mass is 35.5. The lowest BCUT2D eigenvalue weighted by Gasteiger charge is -2.12. The van der Waals surface area contributed by atoms with E-state index < -0.39 is 0 Å². The third-order valence-electron chi connectivity index (χ3n) is 3.85. The Balaban J connectivity index is 1.77. The summed E-state index contributed by atoms with van der Waals surface area (Å²) in [5, 5.41) is 3.98. The van der Waals surface area contributed by atoms with Gasteiger partial charge in [-0.2, -0.15) is 0 Å². The van der Waals surface area contributed by atoms with Crippen LogP contribution in [0.25, 0.3) is 0 Å². The van der Waals surface area contributed by atoms with Crippen LogP contribution in [0.15, 0.2) is 6.07 Å². The second-order valence-corrected chi connectivity index (χ2v) is 7.45. The van der Waals surface area contributed by atoms with Gasteiger partial charge in [0, 0.05) is 21.2 Å². The Morgan fingerprint density at radius 1 is 1.33 bits per heavy atom. The van der Waals surface area contributed by atoms with E-state index in [1.807, 2.05) is 18.3 Å². The summed E-state index contributed by atoms with van der Waals surface area (Å²) in [5.74, 6) is 1.92. The average molecular weight is 322 g/mol. The minimum Gasteiger partial charge on any atom is -0.365 e. The molecule has 0 radical (unpaired) electrons. The van der Waals surface area contributed by atoms with Gasteiger partial charge >= 0.3 is 0 Å². The number of aryl methyl sites for hydroxylation is 2. The summed E-state index contributed by atoms with van der Waals surface area (Å²) in [7, 11) is 0. The Hall–Kier alpha value is -1.13. The van der Waals surface area contributed by atoms with Crippen LogP contribution in [0, 0.1) is 6.92 Å². The lowest BCUT2D eigenvalue weighted by Crippen LogP contribution is -2.07. The summed E-state index contributed by atoms with van der Waals surface area (Å²) in [5.41, 5.74) is 2.46. The summed E-state index contributed by atoms with van der Waals surface area (Å²) >= 11 is 8.14. The van der Waals surface area contributed by atoms with Crippen molar-refractivity contribution < 1.29 is 0 Å². The van der Waals surface area contributed by atoms with Crippen LogP contribution in [0.5, 0.6) is 0 Å². The van der Waals surface area contributed by atoms with Gasteiger partial charge in [0.25, 0.3) is 0 Å². The fraction of sp³-hybridized carbons (Fsp3) is 0.500. The molecule has 0 atom stereocenters. The van der Waals surface area contributed by atoms with Crippen molar-refractivity contribution in [1.82, 2.24) is 9.97 Å². The van der Waals surface area contributed by atoms with E-state index in [0.29, 0.717) is 5.15 Å². The topological polar surface area (TPSA) is 37.8 Å². The monoisotopic (exact) mass is 321 g/mol. The number of rotatable bonds is 4. The third kappa shape index (κ3) is 3.06. The van der Waals surface area contributed by atoms with Gasteiger partial charge in [-0.15, -0.1) is 11.3 Å². The highest BCUT2D eigenvalue weighted by Gasteiger charge is 2.16.